The number of thiazole rings is 1. The molecule has 3 rings (SSSR count). The monoisotopic (exact) mass is 386 g/mol. The Bertz CT molecular complexity index is 566. The summed E-state index contributed by atoms with van der Waals surface area (Å²) in [4.78, 5) is 13.7. The van der Waals surface area contributed by atoms with Gasteiger partial charge in [-0.25, -0.2) is 15.0 Å². The second-order valence-electron chi connectivity index (χ2n) is 4.63. The van der Waals surface area contributed by atoms with E-state index < -0.39 is 0 Å². The smallest absolute Gasteiger partial charge is 0.191 e. The van der Waals surface area contributed by atoms with Crippen LogP contribution in [0, 0.1) is 3.57 Å². The van der Waals surface area contributed by atoms with Gasteiger partial charge in [-0.3, -0.25) is 0 Å². The molecule has 0 spiro atoms. The lowest BCUT2D eigenvalue weighted by atomic mass is 10.2. The van der Waals surface area contributed by atoms with Gasteiger partial charge in [-0.2, -0.15) is 0 Å². The van der Waals surface area contributed by atoms with Gasteiger partial charge in [0, 0.05) is 24.0 Å². The van der Waals surface area contributed by atoms with Gasteiger partial charge in [-0.15, -0.1) is 11.3 Å². The molecule has 1 aliphatic carbocycles. The maximum absolute atomic E-state index is 4.73. The zero-order chi connectivity index (χ0) is 13.2. The highest BCUT2D eigenvalue weighted by atomic mass is 127. The second kappa shape index (κ2) is 5.70. The molecule has 2 heterocycles. The Labute approximate surface area is 130 Å². The third kappa shape index (κ3) is 2.89. The first-order valence-electron chi connectivity index (χ1n) is 6.50. The number of anilines is 1. The van der Waals surface area contributed by atoms with Crippen molar-refractivity contribution in [2.75, 3.05) is 11.9 Å². The van der Waals surface area contributed by atoms with Crippen LogP contribution in [0.3, 0.4) is 0 Å². The van der Waals surface area contributed by atoms with Crippen LogP contribution >= 0.6 is 33.9 Å². The van der Waals surface area contributed by atoms with Crippen molar-refractivity contribution in [3.63, 3.8) is 0 Å². The van der Waals surface area contributed by atoms with E-state index in [0.717, 1.165) is 29.6 Å². The molecule has 100 valence electrons. The van der Waals surface area contributed by atoms with Gasteiger partial charge in [-0.1, -0.05) is 6.92 Å². The summed E-state index contributed by atoms with van der Waals surface area (Å²) in [5.74, 6) is 2.34. The quantitative estimate of drug-likeness (QED) is 0.792. The minimum absolute atomic E-state index is 0.621. The molecule has 0 amide bonds. The topological polar surface area (TPSA) is 50.7 Å². The summed E-state index contributed by atoms with van der Waals surface area (Å²) in [6, 6.07) is 0. The van der Waals surface area contributed by atoms with Crippen LogP contribution < -0.4 is 5.32 Å². The summed E-state index contributed by atoms with van der Waals surface area (Å²) in [7, 11) is 0. The molecule has 0 aliphatic heterocycles. The molecule has 0 aromatic carbocycles. The van der Waals surface area contributed by atoms with Gasteiger partial charge in [0.2, 0.25) is 0 Å². The summed E-state index contributed by atoms with van der Waals surface area (Å²) >= 11 is 3.95. The minimum atomic E-state index is 0.621. The summed E-state index contributed by atoms with van der Waals surface area (Å²) in [6.07, 6.45) is 5.39. The van der Waals surface area contributed by atoms with E-state index in [-0.39, 0.29) is 0 Å². The lowest BCUT2D eigenvalue weighted by Crippen LogP contribution is -2.08. The zero-order valence-corrected chi connectivity index (χ0v) is 13.7. The van der Waals surface area contributed by atoms with Gasteiger partial charge in [0.25, 0.3) is 0 Å². The highest BCUT2D eigenvalue weighted by Gasteiger charge is 2.29. The third-order valence-electron chi connectivity index (χ3n) is 3.01. The van der Waals surface area contributed by atoms with Crippen LogP contribution in [0.15, 0.2) is 11.6 Å². The Morgan fingerprint density at radius 3 is 2.89 bits per heavy atom. The predicted octanol–water partition coefficient (Wildman–Crippen LogP) is 3.90. The van der Waals surface area contributed by atoms with E-state index >= 15 is 0 Å². The molecular weight excluding hydrogens is 371 g/mol. The molecule has 4 nitrogen and oxygen atoms in total. The van der Waals surface area contributed by atoms with Crippen molar-refractivity contribution in [3.05, 3.63) is 20.8 Å². The van der Waals surface area contributed by atoms with Crippen molar-refractivity contribution in [2.24, 2.45) is 0 Å². The van der Waals surface area contributed by atoms with Crippen molar-refractivity contribution >= 4 is 39.7 Å². The van der Waals surface area contributed by atoms with Crippen LogP contribution in [0.25, 0.3) is 10.8 Å². The average Bonchev–Trinajstić information content (AvgIpc) is 3.11. The number of hydrogen-bond acceptors (Lipinski definition) is 5. The van der Waals surface area contributed by atoms with E-state index in [2.05, 4.69) is 44.8 Å². The first-order chi connectivity index (χ1) is 9.29. The number of nitrogens with zero attached hydrogens (tertiary/aromatic N) is 3. The Morgan fingerprint density at radius 2 is 2.26 bits per heavy atom. The van der Waals surface area contributed by atoms with Crippen molar-refractivity contribution in [1.29, 1.82) is 0 Å². The Balaban J connectivity index is 2.02. The van der Waals surface area contributed by atoms with Gasteiger partial charge in [0.15, 0.2) is 10.8 Å². The average molecular weight is 386 g/mol. The number of nitrogens with one attached hydrogen (secondary N) is 1. The Kier molecular flexibility index (Phi) is 3.97. The Morgan fingerprint density at radius 1 is 1.42 bits per heavy atom. The molecule has 1 fully saturated rings. The molecule has 6 heteroatoms. The first kappa shape index (κ1) is 13.2. The van der Waals surface area contributed by atoms with Crippen LogP contribution in [-0.2, 0) is 0 Å². The fourth-order valence-electron chi connectivity index (χ4n) is 1.88. The van der Waals surface area contributed by atoms with Crippen LogP contribution in [0.4, 0.5) is 5.82 Å². The summed E-state index contributed by atoms with van der Waals surface area (Å²) < 4.78 is 1.17. The van der Waals surface area contributed by atoms with Crippen molar-refractivity contribution in [3.8, 4) is 10.8 Å². The van der Waals surface area contributed by atoms with Crippen LogP contribution in [-0.4, -0.2) is 21.5 Å². The second-order valence-corrected chi connectivity index (χ2v) is 6.61. The van der Waals surface area contributed by atoms with Crippen molar-refractivity contribution in [2.45, 2.75) is 32.1 Å². The summed E-state index contributed by atoms with van der Waals surface area (Å²) in [6.45, 7) is 3.10. The highest BCUT2D eigenvalue weighted by molar-refractivity contribution is 14.1. The molecule has 0 bridgehead atoms. The van der Waals surface area contributed by atoms with Gasteiger partial charge in [0.05, 0.1) is 9.26 Å². The highest BCUT2D eigenvalue weighted by Crippen LogP contribution is 2.43. The fourth-order valence-corrected chi connectivity index (χ4v) is 3.32. The van der Waals surface area contributed by atoms with Crippen LogP contribution in [0.5, 0.6) is 0 Å². The molecule has 1 N–H and O–H groups in total. The molecule has 19 heavy (non-hydrogen) atoms. The Hall–Kier alpha value is -0.760. The van der Waals surface area contributed by atoms with Crippen LogP contribution in [0.2, 0.25) is 0 Å². The molecular formula is C13H15IN4S. The molecule has 0 saturated heterocycles. The minimum Gasteiger partial charge on any atom is -0.369 e. The number of rotatable bonds is 5. The number of halogens is 1. The normalized spacial score (nSPS) is 14.6. The lowest BCUT2D eigenvalue weighted by Gasteiger charge is -2.11. The molecule has 1 aliphatic rings. The molecule has 2 aromatic rings. The van der Waals surface area contributed by atoms with Gasteiger partial charge in [-0.05, 0) is 41.9 Å². The van der Waals surface area contributed by atoms with Crippen molar-refractivity contribution < 1.29 is 0 Å². The molecule has 0 radical (unpaired) electrons. The van der Waals surface area contributed by atoms with Gasteiger partial charge in [0.1, 0.15) is 5.82 Å². The fraction of sp³-hybridized carbons (Fsp3) is 0.462. The third-order valence-corrected chi connectivity index (χ3v) is 4.84. The van der Waals surface area contributed by atoms with Gasteiger partial charge < -0.3 is 5.32 Å². The van der Waals surface area contributed by atoms with E-state index in [9.17, 15) is 0 Å². The SMILES string of the molecule is CCCNc1nc(-c2nccs2)nc(C2CC2)c1I. The van der Waals surface area contributed by atoms with Crippen molar-refractivity contribution in [1.82, 2.24) is 15.0 Å². The zero-order valence-electron chi connectivity index (χ0n) is 10.7. The van der Waals surface area contributed by atoms with E-state index in [1.165, 1.54) is 22.1 Å². The summed E-state index contributed by atoms with van der Waals surface area (Å²) in [5, 5.41) is 6.27. The molecule has 2 aromatic heterocycles. The maximum atomic E-state index is 4.73. The predicted molar refractivity (Wildman–Crippen MR) is 86.6 cm³/mol. The molecule has 0 atom stereocenters. The first-order valence-corrected chi connectivity index (χ1v) is 8.46. The molecule has 0 unspecified atom stereocenters. The summed E-state index contributed by atoms with van der Waals surface area (Å²) in [5.41, 5.74) is 1.19. The standard InChI is InChI=1S/C13H15IN4S/c1-2-5-15-11-9(14)10(8-3-4-8)17-12(18-11)13-16-6-7-19-13/h6-8H,2-5H2,1H3,(H,15,17,18). The van der Waals surface area contributed by atoms with E-state index in [4.69, 9.17) is 4.98 Å². The largest absolute Gasteiger partial charge is 0.369 e. The van der Waals surface area contributed by atoms with E-state index in [0.29, 0.717) is 5.92 Å². The van der Waals surface area contributed by atoms with Crippen LogP contribution in [0.1, 0.15) is 37.8 Å². The van der Waals surface area contributed by atoms with E-state index in [1.54, 1.807) is 17.5 Å². The van der Waals surface area contributed by atoms with E-state index in [1.807, 2.05) is 5.38 Å². The maximum Gasteiger partial charge on any atom is 0.191 e. The molecule has 1 saturated carbocycles. The number of aromatic nitrogens is 3. The lowest BCUT2D eigenvalue weighted by molar-refractivity contribution is 0.938. The number of hydrogen-bond donors (Lipinski definition) is 1. The van der Waals surface area contributed by atoms with Gasteiger partial charge >= 0.3 is 0 Å².